The van der Waals surface area contributed by atoms with Crippen molar-refractivity contribution in [1.82, 2.24) is 10.2 Å². The highest BCUT2D eigenvalue weighted by molar-refractivity contribution is 5.68. The van der Waals surface area contributed by atoms with Crippen LogP contribution in [0.15, 0.2) is 30.3 Å². The van der Waals surface area contributed by atoms with E-state index in [1.807, 2.05) is 30.3 Å². The van der Waals surface area contributed by atoms with Crippen molar-refractivity contribution in [2.24, 2.45) is 0 Å². The molecular formula is C14H17N3O2. The van der Waals surface area contributed by atoms with E-state index in [9.17, 15) is 4.79 Å². The molecule has 5 heteroatoms. The highest BCUT2D eigenvalue weighted by Crippen LogP contribution is 2.10. The van der Waals surface area contributed by atoms with E-state index in [-0.39, 0.29) is 18.7 Å². The summed E-state index contributed by atoms with van der Waals surface area (Å²) in [5, 5.41) is 11.9. The van der Waals surface area contributed by atoms with Crippen LogP contribution in [-0.4, -0.2) is 36.7 Å². The molecule has 1 amide bonds. The summed E-state index contributed by atoms with van der Waals surface area (Å²) < 4.78 is 5.29. The number of amides is 1. The van der Waals surface area contributed by atoms with E-state index in [1.165, 1.54) is 0 Å². The number of ether oxygens (including phenoxy) is 1. The number of benzene rings is 1. The number of carbonyl (C=O) groups excluding carboxylic acids is 1. The predicted octanol–water partition coefficient (Wildman–Crippen LogP) is 1.51. The number of nitriles is 1. The van der Waals surface area contributed by atoms with Crippen LogP contribution < -0.4 is 5.32 Å². The molecule has 5 nitrogen and oxygen atoms in total. The molecule has 19 heavy (non-hydrogen) atoms. The van der Waals surface area contributed by atoms with Crippen molar-refractivity contribution in [3.63, 3.8) is 0 Å². The molecule has 0 saturated carbocycles. The number of hydrogen-bond donors (Lipinski definition) is 1. The fourth-order valence-corrected chi connectivity index (χ4v) is 2.09. The highest BCUT2D eigenvalue weighted by atomic mass is 16.6. The van der Waals surface area contributed by atoms with E-state index in [1.54, 1.807) is 4.90 Å². The molecule has 1 saturated heterocycles. The molecule has 2 rings (SSSR count). The minimum Gasteiger partial charge on any atom is -0.445 e. The van der Waals surface area contributed by atoms with Gasteiger partial charge in [0.1, 0.15) is 6.61 Å². The van der Waals surface area contributed by atoms with Gasteiger partial charge in [-0.25, -0.2) is 4.79 Å². The summed E-state index contributed by atoms with van der Waals surface area (Å²) in [7, 11) is 0. The zero-order chi connectivity index (χ0) is 13.5. The molecular weight excluding hydrogens is 242 g/mol. The smallest absolute Gasteiger partial charge is 0.410 e. The first-order chi connectivity index (χ1) is 9.31. The largest absolute Gasteiger partial charge is 0.445 e. The van der Waals surface area contributed by atoms with Gasteiger partial charge in [0.2, 0.25) is 0 Å². The third-order valence-electron chi connectivity index (χ3n) is 3.12. The summed E-state index contributed by atoms with van der Waals surface area (Å²) in [5.74, 6) is 0. The summed E-state index contributed by atoms with van der Waals surface area (Å²) in [6, 6.07) is 11.6. The van der Waals surface area contributed by atoms with E-state index in [4.69, 9.17) is 10.00 Å². The molecule has 0 aromatic heterocycles. The van der Waals surface area contributed by atoms with E-state index in [0.29, 0.717) is 19.5 Å². The van der Waals surface area contributed by atoms with Crippen molar-refractivity contribution in [3.8, 4) is 6.07 Å². The summed E-state index contributed by atoms with van der Waals surface area (Å²) >= 11 is 0. The quantitative estimate of drug-likeness (QED) is 0.893. The normalized spacial score (nSPS) is 18.7. The fourth-order valence-electron chi connectivity index (χ4n) is 2.09. The van der Waals surface area contributed by atoms with E-state index < -0.39 is 0 Å². The molecule has 1 unspecified atom stereocenters. The summed E-state index contributed by atoms with van der Waals surface area (Å²) in [6.07, 6.45) is -0.0152. The molecule has 1 fully saturated rings. The standard InChI is InChI=1S/C14H17N3O2/c15-7-6-13-10-16-8-9-17(13)14(18)19-11-12-4-2-1-3-5-12/h1-5,13,16H,6,8-11H2. The Balaban J connectivity index is 1.89. The SMILES string of the molecule is N#CCC1CNCCN1C(=O)OCc1ccccc1. The molecule has 1 aliphatic heterocycles. The average Bonchev–Trinajstić information content (AvgIpc) is 2.47. The van der Waals surface area contributed by atoms with Crippen LogP contribution >= 0.6 is 0 Å². The number of rotatable bonds is 3. The lowest BCUT2D eigenvalue weighted by molar-refractivity contribution is 0.0731. The topological polar surface area (TPSA) is 65.4 Å². The van der Waals surface area contributed by atoms with E-state index in [2.05, 4.69) is 11.4 Å². The predicted molar refractivity (Wildman–Crippen MR) is 70.2 cm³/mol. The van der Waals surface area contributed by atoms with Crippen LogP contribution in [0.4, 0.5) is 4.79 Å². The van der Waals surface area contributed by atoms with Crippen LogP contribution in [0.25, 0.3) is 0 Å². The molecule has 0 radical (unpaired) electrons. The Labute approximate surface area is 112 Å². The molecule has 1 aliphatic rings. The monoisotopic (exact) mass is 259 g/mol. The molecule has 1 atom stereocenters. The maximum absolute atomic E-state index is 12.0. The van der Waals surface area contributed by atoms with Crippen LogP contribution in [0.3, 0.4) is 0 Å². The van der Waals surface area contributed by atoms with Gasteiger partial charge < -0.3 is 15.0 Å². The van der Waals surface area contributed by atoms with Gasteiger partial charge in [0, 0.05) is 19.6 Å². The summed E-state index contributed by atoms with van der Waals surface area (Å²) in [6.45, 7) is 2.24. The Morgan fingerprint density at radius 3 is 3.00 bits per heavy atom. The van der Waals surface area contributed by atoms with Crippen LogP contribution in [0.5, 0.6) is 0 Å². The zero-order valence-electron chi connectivity index (χ0n) is 10.7. The molecule has 1 aromatic carbocycles. The lowest BCUT2D eigenvalue weighted by atomic mass is 10.1. The minimum atomic E-state index is -0.342. The number of hydrogen-bond acceptors (Lipinski definition) is 4. The number of piperazine rings is 1. The van der Waals surface area contributed by atoms with Crippen molar-refractivity contribution < 1.29 is 9.53 Å². The van der Waals surface area contributed by atoms with Gasteiger partial charge in [-0.3, -0.25) is 0 Å². The van der Waals surface area contributed by atoms with Gasteiger partial charge in [0.25, 0.3) is 0 Å². The average molecular weight is 259 g/mol. The second-order valence-corrected chi connectivity index (χ2v) is 4.45. The van der Waals surface area contributed by atoms with Gasteiger partial charge in [-0.1, -0.05) is 30.3 Å². The van der Waals surface area contributed by atoms with E-state index in [0.717, 1.165) is 12.1 Å². The molecule has 1 N–H and O–H groups in total. The Hall–Kier alpha value is -2.06. The third kappa shape index (κ3) is 3.70. The Morgan fingerprint density at radius 1 is 1.47 bits per heavy atom. The molecule has 0 bridgehead atoms. The maximum atomic E-state index is 12.0. The number of nitrogens with one attached hydrogen (secondary N) is 1. The Kier molecular flexibility index (Phi) is 4.76. The van der Waals surface area contributed by atoms with Gasteiger partial charge in [0.05, 0.1) is 18.5 Å². The van der Waals surface area contributed by atoms with Gasteiger partial charge in [-0.2, -0.15) is 5.26 Å². The lowest BCUT2D eigenvalue weighted by Crippen LogP contribution is -2.53. The van der Waals surface area contributed by atoms with Gasteiger partial charge in [-0.15, -0.1) is 0 Å². The van der Waals surface area contributed by atoms with Crippen molar-refractivity contribution in [3.05, 3.63) is 35.9 Å². The van der Waals surface area contributed by atoms with Crippen LogP contribution in [0.1, 0.15) is 12.0 Å². The molecule has 0 spiro atoms. The first-order valence-electron chi connectivity index (χ1n) is 6.36. The van der Waals surface area contributed by atoms with Crippen molar-refractivity contribution >= 4 is 6.09 Å². The third-order valence-corrected chi connectivity index (χ3v) is 3.12. The molecule has 1 heterocycles. The minimum absolute atomic E-state index is 0.0953. The zero-order valence-corrected chi connectivity index (χ0v) is 10.7. The van der Waals surface area contributed by atoms with Crippen molar-refractivity contribution in [2.45, 2.75) is 19.1 Å². The van der Waals surface area contributed by atoms with E-state index >= 15 is 0 Å². The second-order valence-electron chi connectivity index (χ2n) is 4.45. The first-order valence-corrected chi connectivity index (χ1v) is 6.36. The second kappa shape index (κ2) is 6.76. The van der Waals surface area contributed by atoms with Gasteiger partial charge in [0.15, 0.2) is 0 Å². The molecule has 1 aromatic rings. The summed E-state index contributed by atoms with van der Waals surface area (Å²) in [5.41, 5.74) is 0.961. The Bertz CT molecular complexity index is 456. The Morgan fingerprint density at radius 2 is 2.26 bits per heavy atom. The van der Waals surface area contributed by atoms with Crippen LogP contribution in [0.2, 0.25) is 0 Å². The molecule has 0 aliphatic carbocycles. The van der Waals surface area contributed by atoms with Crippen LogP contribution in [-0.2, 0) is 11.3 Å². The van der Waals surface area contributed by atoms with Gasteiger partial charge >= 0.3 is 6.09 Å². The van der Waals surface area contributed by atoms with Gasteiger partial charge in [-0.05, 0) is 5.56 Å². The number of nitrogens with zero attached hydrogens (tertiary/aromatic N) is 2. The first kappa shape index (κ1) is 13.4. The van der Waals surface area contributed by atoms with Crippen LogP contribution in [0, 0.1) is 11.3 Å². The highest BCUT2D eigenvalue weighted by Gasteiger charge is 2.27. The summed E-state index contributed by atoms with van der Waals surface area (Å²) in [4.78, 5) is 13.7. The maximum Gasteiger partial charge on any atom is 0.410 e. The fraction of sp³-hybridized carbons (Fsp3) is 0.429. The lowest BCUT2D eigenvalue weighted by Gasteiger charge is -2.34. The van der Waals surface area contributed by atoms with Crippen molar-refractivity contribution in [2.75, 3.05) is 19.6 Å². The van der Waals surface area contributed by atoms with Crippen molar-refractivity contribution in [1.29, 1.82) is 5.26 Å². The number of carbonyl (C=O) groups is 1. The molecule has 100 valence electrons.